The van der Waals surface area contributed by atoms with Crippen molar-refractivity contribution in [3.63, 3.8) is 0 Å². The van der Waals surface area contributed by atoms with Gasteiger partial charge in [-0.1, -0.05) is 44.7 Å². The summed E-state index contributed by atoms with van der Waals surface area (Å²) in [4.78, 5) is -0.0337. The SMILES string of the molecule is CCCCC(CC)CNS(=O)(=O)c1cc(C#N)ccc1Cl. The van der Waals surface area contributed by atoms with E-state index < -0.39 is 10.0 Å². The van der Waals surface area contributed by atoms with Gasteiger partial charge in [0.25, 0.3) is 0 Å². The lowest BCUT2D eigenvalue weighted by Crippen LogP contribution is -2.29. The quantitative estimate of drug-likeness (QED) is 0.790. The van der Waals surface area contributed by atoms with Crippen molar-refractivity contribution in [2.24, 2.45) is 5.92 Å². The number of rotatable bonds is 8. The van der Waals surface area contributed by atoms with Gasteiger partial charge in [-0.05, 0) is 30.5 Å². The Morgan fingerprint density at radius 3 is 2.67 bits per heavy atom. The summed E-state index contributed by atoms with van der Waals surface area (Å²) >= 11 is 5.94. The maximum absolute atomic E-state index is 12.3. The third-order valence-corrected chi connectivity index (χ3v) is 5.36. The van der Waals surface area contributed by atoms with Gasteiger partial charge in [0.05, 0.1) is 16.7 Å². The summed E-state index contributed by atoms with van der Waals surface area (Å²) in [5, 5.41) is 8.99. The predicted octanol–water partition coefficient (Wildman–Crippen LogP) is 3.71. The molecule has 21 heavy (non-hydrogen) atoms. The maximum atomic E-state index is 12.3. The molecule has 1 unspecified atom stereocenters. The minimum Gasteiger partial charge on any atom is -0.211 e. The Balaban J connectivity index is 2.84. The van der Waals surface area contributed by atoms with E-state index in [1.807, 2.05) is 6.07 Å². The summed E-state index contributed by atoms with van der Waals surface area (Å²) in [7, 11) is -3.69. The number of hydrogen-bond donors (Lipinski definition) is 1. The molecule has 4 nitrogen and oxygen atoms in total. The van der Waals surface area contributed by atoms with Crippen LogP contribution in [-0.4, -0.2) is 15.0 Å². The molecule has 1 atom stereocenters. The highest BCUT2D eigenvalue weighted by Gasteiger charge is 2.19. The van der Waals surface area contributed by atoms with Gasteiger partial charge >= 0.3 is 0 Å². The number of unbranched alkanes of at least 4 members (excludes halogenated alkanes) is 1. The highest BCUT2D eigenvalue weighted by atomic mass is 35.5. The predicted molar refractivity (Wildman–Crippen MR) is 84.7 cm³/mol. The van der Waals surface area contributed by atoms with Crippen LogP contribution < -0.4 is 4.72 Å². The number of nitriles is 1. The lowest BCUT2D eigenvalue weighted by atomic mass is 10.00. The Morgan fingerprint density at radius 1 is 1.38 bits per heavy atom. The molecule has 0 spiro atoms. The molecule has 1 aromatic carbocycles. The Bertz CT molecular complexity index is 609. The van der Waals surface area contributed by atoms with Gasteiger partial charge in [0.1, 0.15) is 4.90 Å². The number of sulfonamides is 1. The molecule has 0 fully saturated rings. The fourth-order valence-corrected chi connectivity index (χ4v) is 3.67. The monoisotopic (exact) mass is 328 g/mol. The summed E-state index contributed by atoms with van der Waals surface area (Å²) in [5.74, 6) is 0.317. The molecule has 6 heteroatoms. The summed E-state index contributed by atoms with van der Waals surface area (Å²) in [6.07, 6.45) is 4.11. The number of nitrogens with zero attached hydrogens (tertiary/aromatic N) is 1. The maximum Gasteiger partial charge on any atom is 0.242 e. The van der Waals surface area contributed by atoms with Crippen molar-refractivity contribution in [3.8, 4) is 6.07 Å². The molecule has 1 rings (SSSR count). The summed E-state index contributed by atoms with van der Waals surface area (Å²) in [6, 6.07) is 6.15. The Hall–Kier alpha value is -1.09. The largest absolute Gasteiger partial charge is 0.242 e. The van der Waals surface area contributed by atoms with Crippen LogP contribution >= 0.6 is 11.6 Å². The second kappa shape index (κ2) is 8.38. The molecular weight excluding hydrogens is 308 g/mol. The van der Waals surface area contributed by atoms with Gasteiger partial charge in [-0.2, -0.15) is 5.26 Å². The van der Waals surface area contributed by atoms with Gasteiger partial charge < -0.3 is 0 Å². The normalized spacial score (nSPS) is 12.9. The van der Waals surface area contributed by atoms with Crippen LogP contribution in [0.2, 0.25) is 5.02 Å². The van der Waals surface area contributed by atoms with Crippen LogP contribution in [0, 0.1) is 17.2 Å². The number of hydrogen-bond acceptors (Lipinski definition) is 3. The van der Waals surface area contributed by atoms with E-state index in [1.165, 1.54) is 18.2 Å². The van der Waals surface area contributed by atoms with Crippen LogP contribution in [0.25, 0.3) is 0 Å². The van der Waals surface area contributed by atoms with E-state index in [4.69, 9.17) is 16.9 Å². The minimum absolute atomic E-state index is 0.0337. The first-order valence-corrected chi connectivity index (χ1v) is 9.00. The lowest BCUT2D eigenvalue weighted by molar-refractivity contribution is 0.444. The zero-order valence-corrected chi connectivity index (χ0v) is 14.0. The van der Waals surface area contributed by atoms with Gasteiger partial charge in [-0.25, -0.2) is 13.1 Å². The van der Waals surface area contributed by atoms with Gasteiger partial charge in [-0.3, -0.25) is 0 Å². The number of halogens is 1. The Kier molecular flexibility index (Phi) is 7.16. The van der Waals surface area contributed by atoms with Gasteiger partial charge in [0.2, 0.25) is 10.0 Å². The van der Waals surface area contributed by atoms with Crippen molar-refractivity contribution >= 4 is 21.6 Å². The van der Waals surface area contributed by atoms with Crippen molar-refractivity contribution in [1.82, 2.24) is 4.72 Å². The van der Waals surface area contributed by atoms with Crippen molar-refractivity contribution in [2.75, 3.05) is 6.54 Å². The molecule has 0 bridgehead atoms. The Morgan fingerprint density at radius 2 is 2.10 bits per heavy atom. The minimum atomic E-state index is -3.69. The molecule has 0 aliphatic heterocycles. The molecule has 0 aliphatic carbocycles. The molecule has 116 valence electrons. The average Bonchev–Trinajstić information content (AvgIpc) is 2.47. The van der Waals surface area contributed by atoms with E-state index in [-0.39, 0.29) is 15.5 Å². The fraction of sp³-hybridized carbons (Fsp3) is 0.533. The summed E-state index contributed by atoms with van der Waals surface area (Å²) < 4.78 is 27.2. The smallest absolute Gasteiger partial charge is 0.211 e. The van der Waals surface area contributed by atoms with E-state index in [0.717, 1.165) is 25.7 Å². The highest BCUT2D eigenvalue weighted by Crippen LogP contribution is 2.23. The van der Waals surface area contributed by atoms with E-state index >= 15 is 0 Å². The molecule has 1 aromatic rings. The molecule has 1 N–H and O–H groups in total. The molecular formula is C15H21ClN2O2S. The topological polar surface area (TPSA) is 70.0 Å². The van der Waals surface area contributed by atoms with Gasteiger partial charge in [-0.15, -0.1) is 0 Å². The first-order valence-electron chi connectivity index (χ1n) is 7.13. The van der Waals surface area contributed by atoms with Crippen LogP contribution in [0.1, 0.15) is 45.1 Å². The van der Waals surface area contributed by atoms with Crippen molar-refractivity contribution in [2.45, 2.75) is 44.4 Å². The van der Waals surface area contributed by atoms with Crippen LogP contribution in [-0.2, 0) is 10.0 Å². The Labute approximate surface area is 132 Å². The first-order chi connectivity index (χ1) is 9.94. The molecule has 0 saturated carbocycles. The van der Waals surface area contributed by atoms with E-state index in [9.17, 15) is 8.42 Å². The molecule has 0 aromatic heterocycles. The van der Waals surface area contributed by atoms with Crippen LogP contribution in [0.15, 0.2) is 23.1 Å². The van der Waals surface area contributed by atoms with Crippen molar-refractivity contribution in [1.29, 1.82) is 5.26 Å². The molecule has 0 heterocycles. The third-order valence-electron chi connectivity index (χ3n) is 3.46. The highest BCUT2D eigenvalue weighted by molar-refractivity contribution is 7.89. The van der Waals surface area contributed by atoms with Crippen LogP contribution in [0.5, 0.6) is 0 Å². The number of benzene rings is 1. The second-order valence-corrected chi connectivity index (χ2v) is 7.17. The zero-order chi connectivity index (χ0) is 15.9. The van der Waals surface area contributed by atoms with E-state index in [0.29, 0.717) is 12.5 Å². The second-order valence-electron chi connectivity index (χ2n) is 5.03. The molecule has 0 radical (unpaired) electrons. The van der Waals surface area contributed by atoms with Crippen LogP contribution in [0.3, 0.4) is 0 Å². The summed E-state index contributed by atoms with van der Waals surface area (Å²) in [6.45, 7) is 4.56. The average molecular weight is 329 g/mol. The molecule has 0 saturated heterocycles. The summed E-state index contributed by atoms with van der Waals surface area (Å²) in [5.41, 5.74) is 0.276. The molecule has 0 aliphatic rings. The van der Waals surface area contributed by atoms with Gasteiger partial charge in [0, 0.05) is 6.54 Å². The van der Waals surface area contributed by atoms with E-state index in [2.05, 4.69) is 18.6 Å². The fourth-order valence-electron chi connectivity index (χ4n) is 2.03. The standard InChI is InChI=1S/C15H21ClN2O2S/c1-3-5-6-12(4-2)11-18-21(19,20)15-9-13(10-17)7-8-14(15)16/h7-9,12,18H,3-6,11H2,1-2H3. The van der Waals surface area contributed by atoms with Crippen LogP contribution in [0.4, 0.5) is 0 Å². The zero-order valence-electron chi connectivity index (χ0n) is 12.4. The van der Waals surface area contributed by atoms with Gasteiger partial charge in [0.15, 0.2) is 0 Å². The third kappa shape index (κ3) is 5.31. The van der Waals surface area contributed by atoms with Crippen molar-refractivity contribution in [3.05, 3.63) is 28.8 Å². The number of nitrogens with one attached hydrogen (secondary N) is 1. The molecule has 0 amide bonds. The first kappa shape index (κ1) is 18.0. The lowest BCUT2D eigenvalue weighted by Gasteiger charge is -2.16. The van der Waals surface area contributed by atoms with E-state index in [1.54, 1.807) is 0 Å². The van der Waals surface area contributed by atoms with Crippen molar-refractivity contribution < 1.29 is 8.42 Å².